The molecule has 0 aliphatic heterocycles. The van der Waals surface area contributed by atoms with Gasteiger partial charge in [-0.1, -0.05) is 182 Å². The van der Waals surface area contributed by atoms with Gasteiger partial charge in [0.1, 0.15) is 22.5 Å². The van der Waals surface area contributed by atoms with E-state index in [2.05, 4.69) is 241 Å². The fourth-order valence-corrected chi connectivity index (χ4v) is 10.0. The number of furan rings is 2. The summed E-state index contributed by atoms with van der Waals surface area (Å²) in [5, 5.41) is 10.4. The fraction of sp³-hybridized carbons (Fsp3) is 0. The van der Waals surface area contributed by atoms with Gasteiger partial charge < -0.3 is 13.7 Å². The van der Waals surface area contributed by atoms with Crippen molar-refractivity contribution in [2.24, 2.45) is 0 Å². The molecule has 3 nitrogen and oxygen atoms in total. The molecular formula is C62H39NO2. The molecule has 2 heterocycles. The van der Waals surface area contributed by atoms with Gasteiger partial charge in [-0.05, 0) is 103 Å². The molecule has 0 unspecified atom stereocenters. The van der Waals surface area contributed by atoms with Gasteiger partial charge in [0.2, 0.25) is 0 Å². The zero-order valence-corrected chi connectivity index (χ0v) is 35.3. The minimum Gasteiger partial charge on any atom is -0.456 e. The smallest absolute Gasteiger partial charge is 0.143 e. The molecule has 0 amide bonds. The molecule has 0 N–H and O–H groups in total. The van der Waals surface area contributed by atoms with Crippen molar-refractivity contribution in [2.75, 3.05) is 4.90 Å². The van der Waals surface area contributed by atoms with Crippen molar-refractivity contribution >= 4 is 82.3 Å². The van der Waals surface area contributed by atoms with Gasteiger partial charge in [0.05, 0.1) is 0 Å². The van der Waals surface area contributed by atoms with E-state index in [0.717, 1.165) is 99.7 Å². The quantitative estimate of drug-likeness (QED) is 0.150. The average Bonchev–Trinajstić information content (AvgIpc) is 3.98. The van der Waals surface area contributed by atoms with Crippen LogP contribution in [0.2, 0.25) is 0 Å². The van der Waals surface area contributed by atoms with Crippen molar-refractivity contribution < 1.29 is 8.83 Å². The number of anilines is 3. The van der Waals surface area contributed by atoms with Gasteiger partial charge in [-0.3, -0.25) is 0 Å². The molecule has 0 bridgehead atoms. The summed E-state index contributed by atoms with van der Waals surface area (Å²) >= 11 is 0. The molecule has 0 aliphatic rings. The topological polar surface area (TPSA) is 29.5 Å². The summed E-state index contributed by atoms with van der Waals surface area (Å²) < 4.78 is 13.6. The Bertz CT molecular complexity index is 3920. The molecule has 0 saturated carbocycles. The van der Waals surface area contributed by atoms with Crippen LogP contribution >= 0.6 is 0 Å². The Balaban J connectivity index is 0.988. The standard InChI is InChI=1S/C62H39NO2/c1-4-15-40(16-5-1)41-27-31-47(32-28-41)63(49-33-35-54-57(39-49)64-56-36-30-42-17-10-11-24-50(42)59(54)56)48-23-14-22-45(37-48)46-29-34-52-55(38-46)51-25-12-13-26-53(51)62-60(52)58(43-18-6-2-7-19-43)61(65-62)44-20-8-3-9-21-44/h1-39H. The highest BCUT2D eigenvalue weighted by Crippen LogP contribution is 2.48. The fourth-order valence-electron chi connectivity index (χ4n) is 10.0. The Morgan fingerprint density at radius 3 is 1.65 bits per heavy atom. The highest BCUT2D eigenvalue weighted by molar-refractivity contribution is 6.29. The van der Waals surface area contributed by atoms with E-state index >= 15 is 0 Å². The first-order valence-corrected chi connectivity index (χ1v) is 22.2. The zero-order chi connectivity index (χ0) is 42.8. The summed E-state index contributed by atoms with van der Waals surface area (Å²) in [5.74, 6) is 0.882. The number of benzene rings is 11. The lowest BCUT2D eigenvalue weighted by molar-refractivity contribution is 0.636. The molecule has 0 radical (unpaired) electrons. The van der Waals surface area contributed by atoms with Crippen LogP contribution in [-0.2, 0) is 0 Å². The van der Waals surface area contributed by atoms with Crippen LogP contribution < -0.4 is 4.90 Å². The second-order valence-electron chi connectivity index (χ2n) is 16.8. The number of hydrogen-bond donors (Lipinski definition) is 0. The molecule has 0 spiro atoms. The number of hydrogen-bond acceptors (Lipinski definition) is 3. The predicted octanol–water partition coefficient (Wildman–Crippen LogP) is 17.9. The Morgan fingerprint density at radius 1 is 0.277 bits per heavy atom. The second kappa shape index (κ2) is 15.0. The first kappa shape index (κ1) is 36.9. The van der Waals surface area contributed by atoms with Gasteiger partial charge in [0.15, 0.2) is 0 Å². The Labute approximate surface area is 375 Å². The summed E-state index contributed by atoms with van der Waals surface area (Å²) in [5.41, 5.74) is 13.7. The lowest BCUT2D eigenvalue weighted by Gasteiger charge is -2.26. The van der Waals surface area contributed by atoms with E-state index in [4.69, 9.17) is 8.83 Å². The monoisotopic (exact) mass is 829 g/mol. The summed E-state index contributed by atoms with van der Waals surface area (Å²) in [6, 6.07) is 84.4. The van der Waals surface area contributed by atoms with Crippen LogP contribution in [0.25, 0.3) is 110 Å². The van der Waals surface area contributed by atoms with Crippen LogP contribution in [0.1, 0.15) is 0 Å². The second-order valence-corrected chi connectivity index (χ2v) is 16.8. The Kier molecular flexibility index (Phi) is 8.53. The van der Waals surface area contributed by atoms with E-state index in [-0.39, 0.29) is 0 Å². The Hall–Kier alpha value is -8.66. The third-order valence-corrected chi connectivity index (χ3v) is 13.0. The predicted molar refractivity (Wildman–Crippen MR) is 272 cm³/mol. The molecule has 304 valence electrons. The maximum absolute atomic E-state index is 6.99. The summed E-state index contributed by atoms with van der Waals surface area (Å²) in [4.78, 5) is 2.34. The van der Waals surface area contributed by atoms with Gasteiger partial charge >= 0.3 is 0 Å². The lowest BCUT2D eigenvalue weighted by Crippen LogP contribution is -2.10. The molecule has 0 fully saturated rings. The normalized spacial score (nSPS) is 11.7. The van der Waals surface area contributed by atoms with Crippen LogP contribution in [0, 0.1) is 0 Å². The van der Waals surface area contributed by atoms with Gasteiger partial charge in [0.25, 0.3) is 0 Å². The van der Waals surface area contributed by atoms with E-state index < -0.39 is 0 Å². The first-order chi connectivity index (χ1) is 32.2. The maximum atomic E-state index is 6.99. The highest BCUT2D eigenvalue weighted by Gasteiger charge is 2.23. The van der Waals surface area contributed by atoms with Crippen LogP contribution in [0.3, 0.4) is 0 Å². The minimum absolute atomic E-state index is 0.855. The number of nitrogens with zero attached hydrogens (tertiary/aromatic N) is 1. The van der Waals surface area contributed by atoms with Crippen LogP contribution in [0.5, 0.6) is 0 Å². The van der Waals surface area contributed by atoms with Gasteiger partial charge in [-0.25, -0.2) is 0 Å². The lowest BCUT2D eigenvalue weighted by atomic mass is 9.91. The van der Waals surface area contributed by atoms with Crippen molar-refractivity contribution in [3.05, 3.63) is 237 Å². The van der Waals surface area contributed by atoms with Crippen molar-refractivity contribution in [1.29, 1.82) is 0 Å². The van der Waals surface area contributed by atoms with E-state index in [1.54, 1.807) is 0 Å². The average molecular weight is 830 g/mol. The van der Waals surface area contributed by atoms with Crippen molar-refractivity contribution in [1.82, 2.24) is 0 Å². The molecule has 0 aliphatic carbocycles. The molecule has 0 atom stereocenters. The van der Waals surface area contributed by atoms with E-state index in [1.807, 2.05) is 0 Å². The van der Waals surface area contributed by atoms with Crippen LogP contribution in [0.4, 0.5) is 17.1 Å². The largest absolute Gasteiger partial charge is 0.456 e. The molecule has 13 rings (SSSR count). The SMILES string of the molecule is c1ccc(-c2ccc(N(c3cccc(-c4ccc5c(c4)c4ccccc4c4oc(-c6ccccc6)c(-c6ccccc6)c54)c3)c3ccc4c(c3)oc3ccc5ccccc5c34)cc2)cc1. The zero-order valence-electron chi connectivity index (χ0n) is 35.3. The van der Waals surface area contributed by atoms with Gasteiger partial charge in [0, 0.05) is 55.8 Å². The molecule has 2 aromatic heterocycles. The summed E-state index contributed by atoms with van der Waals surface area (Å²) in [6.45, 7) is 0. The Morgan fingerprint density at radius 2 is 0.862 bits per heavy atom. The van der Waals surface area contributed by atoms with E-state index in [0.29, 0.717) is 0 Å². The minimum atomic E-state index is 0.855. The molecule has 3 heteroatoms. The van der Waals surface area contributed by atoms with Gasteiger partial charge in [-0.2, -0.15) is 0 Å². The third-order valence-electron chi connectivity index (χ3n) is 13.0. The molecular weight excluding hydrogens is 791 g/mol. The van der Waals surface area contributed by atoms with E-state index in [9.17, 15) is 0 Å². The number of rotatable bonds is 7. The molecule has 0 saturated heterocycles. The third kappa shape index (κ3) is 6.12. The van der Waals surface area contributed by atoms with Crippen molar-refractivity contribution in [3.8, 4) is 44.7 Å². The summed E-state index contributed by atoms with van der Waals surface area (Å²) in [6.07, 6.45) is 0. The molecule has 13 aromatic rings. The number of fused-ring (bicyclic) bond motifs is 11. The summed E-state index contributed by atoms with van der Waals surface area (Å²) in [7, 11) is 0. The molecule has 65 heavy (non-hydrogen) atoms. The van der Waals surface area contributed by atoms with E-state index in [1.165, 1.54) is 27.3 Å². The van der Waals surface area contributed by atoms with Gasteiger partial charge in [-0.15, -0.1) is 0 Å². The van der Waals surface area contributed by atoms with Crippen molar-refractivity contribution in [2.45, 2.75) is 0 Å². The highest BCUT2D eigenvalue weighted by atomic mass is 16.3. The molecule has 11 aromatic carbocycles. The van der Waals surface area contributed by atoms with Crippen LogP contribution in [0.15, 0.2) is 245 Å². The van der Waals surface area contributed by atoms with Crippen LogP contribution in [-0.4, -0.2) is 0 Å². The maximum Gasteiger partial charge on any atom is 0.143 e. The first-order valence-electron chi connectivity index (χ1n) is 22.2. The van der Waals surface area contributed by atoms with Crippen molar-refractivity contribution in [3.63, 3.8) is 0 Å².